The highest BCUT2D eigenvalue weighted by molar-refractivity contribution is 8.25. The Morgan fingerprint density at radius 1 is 1.02 bits per heavy atom. The van der Waals surface area contributed by atoms with Gasteiger partial charge in [0.1, 0.15) is 11.6 Å². The largest absolute Gasteiger partial charge is 0.390 e. The van der Waals surface area contributed by atoms with Crippen LogP contribution in [0.25, 0.3) is 0 Å². The van der Waals surface area contributed by atoms with Gasteiger partial charge in [-0.15, -0.1) is 10.8 Å². The number of carbonyl (C=O) groups excluding carboxylic acids is 1. The summed E-state index contributed by atoms with van der Waals surface area (Å²) in [5.74, 6) is -1.66. The number of benzene rings is 2. The summed E-state index contributed by atoms with van der Waals surface area (Å²) in [7, 11) is -3.00. The van der Waals surface area contributed by atoms with E-state index in [0.717, 1.165) is 38.2 Å². The number of aliphatic hydroxyl groups excluding tert-OH is 1. The fraction of sp³-hybridized carbons (Fsp3) is 0.552. The molecule has 2 atom stereocenters. The maximum atomic E-state index is 13.9. The molecule has 11 heteroatoms. The number of nitrogens with zero attached hydrogens (tertiary/aromatic N) is 1. The molecular formula is C29H42F2N4O4S. The van der Waals surface area contributed by atoms with Gasteiger partial charge >= 0.3 is 0 Å². The van der Waals surface area contributed by atoms with E-state index in [9.17, 15) is 27.8 Å². The van der Waals surface area contributed by atoms with Gasteiger partial charge in [-0.2, -0.15) is 0 Å². The number of rotatable bonds is 11. The fourth-order valence-electron chi connectivity index (χ4n) is 5.55. The fourth-order valence-corrected chi connectivity index (χ4v) is 7.23. The molecule has 1 aliphatic carbocycles. The number of nitrogens with one attached hydrogen (secondary N) is 3. The second-order valence-corrected chi connectivity index (χ2v) is 12.9. The minimum Gasteiger partial charge on any atom is -0.390 e. The summed E-state index contributed by atoms with van der Waals surface area (Å²) in [6, 6.07) is 7.72. The number of hydrogen-bond acceptors (Lipinski definition) is 7. The smallest absolute Gasteiger partial charge is 0.251 e. The lowest BCUT2D eigenvalue weighted by molar-refractivity contribution is 0.0821. The van der Waals surface area contributed by atoms with Gasteiger partial charge in [-0.3, -0.25) is 18.2 Å². The Hall–Kier alpha value is -2.44. The van der Waals surface area contributed by atoms with Gasteiger partial charge in [0.2, 0.25) is 0 Å². The van der Waals surface area contributed by atoms with Crippen molar-refractivity contribution in [2.45, 2.75) is 76.5 Å². The highest BCUT2D eigenvalue weighted by atomic mass is 32.3. The van der Waals surface area contributed by atoms with Crippen LogP contribution in [0.5, 0.6) is 0 Å². The van der Waals surface area contributed by atoms with Gasteiger partial charge in [0.05, 0.1) is 23.6 Å². The molecule has 4 rings (SSSR count). The molecule has 40 heavy (non-hydrogen) atoms. The van der Waals surface area contributed by atoms with Gasteiger partial charge in [0.25, 0.3) is 5.91 Å². The van der Waals surface area contributed by atoms with E-state index in [4.69, 9.17) is 0 Å². The summed E-state index contributed by atoms with van der Waals surface area (Å²) >= 11 is 0. The van der Waals surface area contributed by atoms with Gasteiger partial charge in [-0.25, -0.2) is 8.78 Å². The van der Waals surface area contributed by atoms with Crippen molar-refractivity contribution >= 4 is 28.1 Å². The molecule has 0 spiro atoms. The van der Waals surface area contributed by atoms with Crippen LogP contribution in [0.1, 0.15) is 67.8 Å². The molecule has 1 amide bonds. The molecule has 1 saturated carbocycles. The maximum absolute atomic E-state index is 13.9. The van der Waals surface area contributed by atoms with Crippen LogP contribution in [0.2, 0.25) is 0 Å². The average molecular weight is 581 g/mol. The first-order valence-electron chi connectivity index (χ1n) is 14.2. The molecule has 0 radical (unpaired) electrons. The molecule has 0 aromatic heterocycles. The Bertz CT molecular complexity index is 1130. The summed E-state index contributed by atoms with van der Waals surface area (Å²) < 4.78 is 50.8. The predicted octanol–water partition coefficient (Wildman–Crippen LogP) is 5.29. The van der Waals surface area contributed by atoms with Crippen LogP contribution in [-0.4, -0.2) is 63.7 Å². The van der Waals surface area contributed by atoms with Crippen LogP contribution in [0.4, 0.5) is 20.2 Å². The van der Waals surface area contributed by atoms with Gasteiger partial charge in [0.15, 0.2) is 0 Å². The van der Waals surface area contributed by atoms with E-state index in [1.807, 2.05) is 6.92 Å². The Kier molecular flexibility index (Phi) is 10.6. The number of hydrogen-bond donors (Lipinski definition) is 6. The number of carbonyl (C=O) groups is 1. The Balaban J connectivity index is 1.57. The summed E-state index contributed by atoms with van der Waals surface area (Å²) in [6.07, 6.45) is 6.03. The van der Waals surface area contributed by atoms with Gasteiger partial charge in [0, 0.05) is 43.0 Å². The zero-order chi connectivity index (χ0) is 28.7. The van der Waals surface area contributed by atoms with E-state index in [1.165, 1.54) is 18.6 Å². The average Bonchev–Trinajstić information content (AvgIpc) is 2.91. The van der Waals surface area contributed by atoms with Crippen molar-refractivity contribution in [2.75, 3.05) is 35.0 Å². The predicted molar refractivity (Wildman–Crippen MR) is 157 cm³/mol. The first kappa shape index (κ1) is 30.5. The van der Waals surface area contributed by atoms with Gasteiger partial charge in [-0.05, 0) is 74.9 Å². The molecule has 222 valence electrons. The summed E-state index contributed by atoms with van der Waals surface area (Å²) in [4.78, 5) is 13.6. The van der Waals surface area contributed by atoms with E-state index < -0.39 is 40.5 Å². The molecule has 8 nitrogen and oxygen atoms in total. The third-order valence-corrected chi connectivity index (χ3v) is 9.55. The minimum atomic E-state index is -3.00. The van der Waals surface area contributed by atoms with E-state index in [1.54, 1.807) is 22.5 Å². The molecule has 1 saturated heterocycles. The monoisotopic (exact) mass is 580 g/mol. The molecule has 2 fully saturated rings. The lowest BCUT2D eigenvalue weighted by Gasteiger charge is -2.47. The molecule has 2 aliphatic rings. The Morgan fingerprint density at radius 2 is 1.75 bits per heavy atom. The zero-order valence-corrected chi connectivity index (χ0v) is 23.9. The van der Waals surface area contributed by atoms with Crippen LogP contribution in [0.15, 0.2) is 36.4 Å². The normalized spacial score (nSPS) is 20.0. The maximum Gasteiger partial charge on any atom is 0.251 e. The Labute approximate surface area is 237 Å². The molecule has 1 aliphatic heterocycles. The standard InChI is InChI=1S/C29H42F2N4O4S/c1-2-32-25-15-21(16-26(18-25)35-10-6-7-11-40(35,38)39)29(37)34-27(14-20-12-22(30)17-23(31)13-20)28(36)19-33-24-8-4-3-5-9-24/h12-13,15-18,24,27-28,32-33,36,38-39H,2-11,14,19H2,1H3,(H,34,37). The van der Waals surface area contributed by atoms with E-state index in [2.05, 4.69) is 16.0 Å². The molecule has 2 aromatic carbocycles. The minimum absolute atomic E-state index is 0.0281. The van der Waals surface area contributed by atoms with Gasteiger partial charge < -0.3 is 21.1 Å². The van der Waals surface area contributed by atoms with Crippen LogP contribution < -0.4 is 20.3 Å². The van der Waals surface area contributed by atoms with Crippen molar-refractivity contribution in [2.24, 2.45) is 0 Å². The summed E-state index contributed by atoms with van der Waals surface area (Å²) in [5, 5.41) is 20.6. The first-order valence-corrected chi connectivity index (χ1v) is 15.9. The number of aliphatic hydroxyl groups is 1. The van der Waals surface area contributed by atoms with Crippen molar-refractivity contribution in [3.63, 3.8) is 0 Å². The van der Waals surface area contributed by atoms with Gasteiger partial charge in [-0.1, -0.05) is 19.3 Å². The molecule has 0 bridgehead atoms. The third kappa shape index (κ3) is 8.29. The third-order valence-electron chi connectivity index (χ3n) is 7.61. The molecule has 6 N–H and O–H groups in total. The Morgan fingerprint density at radius 3 is 2.42 bits per heavy atom. The number of halogens is 2. The topological polar surface area (TPSA) is 117 Å². The van der Waals surface area contributed by atoms with Crippen molar-refractivity contribution < 1.29 is 27.8 Å². The van der Waals surface area contributed by atoms with Crippen molar-refractivity contribution in [1.29, 1.82) is 0 Å². The van der Waals surface area contributed by atoms with Crippen molar-refractivity contribution in [1.82, 2.24) is 10.6 Å². The SMILES string of the molecule is CCNc1cc(C(=O)NC(Cc2cc(F)cc(F)c2)C(O)CNC2CCCCC2)cc(N2CCCCS2(O)O)c1. The van der Waals surface area contributed by atoms with Crippen molar-refractivity contribution in [3.8, 4) is 0 Å². The number of anilines is 2. The molecule has 2 aromatic rings. The van der Waals surface area contributed by atoms with E-state index in [-0.39, 0.29) is 30.3 Å². The molecule has 2 unspecified atom stereocenters. The van der Waals surface area contributed by atoms with Crippen LogP contribution in [0.3, 0.4) is 0 Å². The summed E-state index contributed by atoms with van der Waals surface area (Å²) in [5.41, 5.74) is 1.77. The lowest BCUT2D eigenvalue weighted by atomic mass is 9.94. The first-order chi connectivity index (χ1) is 19.1. The number of amides is 1. The zero-order valence-electron chi connectivity index (χ0n) is 23.0. The van der Waals surface area contributed by atoms with Crippen LogP contribution in [0, 0.1) is 11.6 Å². The molecule has 1 heterocycles. The lowest BCUT2D eigenvalue weighted by Crippen LogP contribution is -2.50. The van der Waals surface area contributed by atoms with Crippen molar-refractivity contribution in [3.05, 3.63) is 59.2 Å². The molecular weight excluding hydrogens is 538 g/mol. The van der Waals surface area contributed by atoms with Crippen LogP contribution >= 0.6 is 10.8 Å². The highest BCUT2D eigenvalue weighted by Gasteiger charge is 2.29. The quantitative estimate of drug-likeness (QED) is 0.214. The summed E-state index contributed by atoms with van der Waals surface area (Å²) in [6.45, 7) is 3.20. The van der Waals surface area contributed by atoms with E-state index >= 15 is 0 Å². The second-order valence-electron chi connectivity index (χ2n) is 10.8. The van der Waals surface area contributed by atoms with Crippen LogP contribution in [-0.2, 0) is 6.42 Å². The van der Waals surface area contributed by atoms with E-state index in [0.29, 0.717) is 36.4 Å². The second kappa shape index (κ2) is 14.0. The highest BCUT2D eigenvalue weighted by Crippen LogP contribution is 2.50.